The standard InChI is InChI=1S/C11H18ClN3/c1-15-8-9(7-14-15)6-13-11-5-3-2-4-10(11)12/h7-8,10-11,13H,2-6H2,1H3. The first kappa shape index (κ1) is 11.0. The second-order valence-corrected chi connectivity index (χ2v) is 4.87. The molecule has 2 unspecified atom stereocenters. The van der Waals surface area contributed by atoms with Gasteiger partial charge in [0.1, 0.15) is 0 Å². The van der Waals surface area contributed by atoms with Crippen molar-refractivity contribution in [2.75, 3.05) is 0 Å². The molecule has 1 aromatic rings. The quantitative estimate of drug-likeness (QED) is 0.802. The average molecular weight is 228 g/mol. The van der Waals surface area contributed by atoms with Crippen molar-refractivity contribution in [1.29, 1.82) is 0 Å². The Balaban J connectivity index is 1.81. The van der Waals surface area contributed by atoms with Gasteiger partial charge in [-0.3, -0.25) is 4.68 Å². The van der Waals surface area contributed by atoms with E-state index in [9.17, 15) is 0 Å². The lowest BCUT2D eigenvalue weighted by Crippen LogP contribution is -2.38. The van der Waals surface area contributed by atoms with E-state index in [1.54, 1.807) is 0 Å². The largest absolute Gasteiger partial charge is 0.308 e. The maximum Gasteiger partial charge on any atom is 0.0534 e. The summed E-state index contributed by atoms with van der Waals surface area (Å²) in [7, 11) is 1.94. The van der Waals surface area contributed by atoms with E-state index in [1.807, 2.05) is 24.1 Å². The lowest BCUT2D eigenvalue weighted by Gasteiger charge is -2.27. The van der Waals surface area contributed by atoms with Crippen molar-refractivity contribution in [1.82, 2.24) is 15.1 Å². The molecule has 84 valence electrons. The highest BCUT2D eigenvalue weighted by molar-refractivity contribution is 6.21. The van der Waals surface area contributed by atoms with Gasteiger partial charge in [0.2, 0.25) is 0 Å². The number of hydrogen-bond donors (Lipinski definition) is 1. The molecular weight excluding hydrogens is 210 g/mol. The number of rotatable bonds is 3. The van der Waals surface area contributed by atoms with Crippen molar-refractivity contribution in [3.63, 3.8) is 0 Å². The van der Waals surface area contributed by atoms with E-state index in [0.29, 0.717) is 11.4 Å². The van der Waals surface area contributed by atoms with Gasteiger partial charge in [-0.25, -0.2) is 0 Å². The third kappa shape index (κ3) is 2.95. The van der Waals surface area contributed by atoms with Crippen LogP contribution in [0.5, 0.6) is 0 Å². The highest BCUT2D eigenvalue weighted by Crippen LogP contribution is 2.23. The molecule has 1 aromatic heterocycles. The molecule has 0 bridgehead atoms. The van der Waals surface area contributed by atoms with Crippen LogP contribution in [0.25, 0.3) is 0 Å². The molecule has 2 atom stereocenters. The summed E-state index contributed by atoms with van der Waals surface area (Å²) < 4.78 is 1.83. The van der Waals surface area contributed by atoms with Gasteiger partial charge in [0.15, 0.2) is 0 Å². The molecule has 1 saturated carbocycles. The number of aromatic nitrogens is 2. The van der Waals surface area contributed by atoms with Gasteiger partial charge in [0.25, 0.3) is 0 Å². The first-order valence-electron chi connectivity index (χ1n) is 5.60. The minimum Gasteiger partial charge on any atom is -0.308 e. The van der Waals surface area contributed by atoms with E-state index in [4.69, 9.17) is 11.6 Å². The van der Waals surface area contributed by atoms with Crippen molar-refractivity contribution < 1.29 is 0 Å². The van der Waals surface area contributed by atoms with Gasteiger partial charge in [0.05, 0.1) is 6.20 Å². The molecule has 2 rings (SSSR count). The fourth-order valence-electron chi connectivity index (χ4n) is 2.13. The zero-order valence-corrected chi connectivity index (χ0v) is 9.87. The van der Waals surface area contributed by atoms with E-state index in [-0.39, 0.29) is 0 Å². The zero-order chi connectivity index (χ0) is 10.7. The van der Waals surface area contributed by atoms with E-state index < -0.39 is 0 Å². The van der Waals surface area contributed by atoms with Gasteiger partial charge >= 0.3 is 0 Å². The van der Waals surface area contributed by atoms with Crippen molar-refractivity contribution in [3.05, 3.63) is 18.0 Å². The molecule has 1 fully saturated rings. The minimum absolute atomic E-state index is 0.301. The van der Waals surface area contributed by atoms with Crippen LogP contribution < -0.4 is 5.32 Å². The van der Waals surface area contributed by atoms with Gasteiger partial charge in [-0.15, -0.1) is 11.6 Å². The molecule has 0 spiro atoms. The summed E-state index contributed by atoms with van der Waals surface area (Å²) in [5, 5.41) is 7.96. The van der Waals surface area contributed by atoms with Gasteiger partial charge in [-0.1, -0.05) is 12.8 Å². The Kier molecular flexibility index (Phi) is 3.65. The van der Waals surface area contributed by atoms with Crippen LogP contribution in [0.15, 0.2) is 12.4 Å². The number of aryl methyl sites for hydroxylation is 1. The Morgan fingerprint density at radius 1 is 1.53 bits per heavy atom. The predicted octanol–water partition coefficient (Wildman–Crippen LogP) is 2.06. The van der Waals surface area contributed by atoms with Crippen LogP contribution in [0.4, 0.5) is 0 Å². The van der Waals surface area contributed by atoms with Crippen molar-refractivity contribution in [3.8, 4) is 0 Å². The first-order valence-corrected chi connectivity index (χ1v) is 6.04. The number of nitrogens with one attached hydrogen (secondary N) is 1. The van der Waals surface area contributed by atoms with Crippen LogP contribution in [-0.2, 0) is 13.6 Å². The summed E-state index contributed by atoms with van der Waals surface area (Å²) in [5.41, 5.74) is 1.23. The van der Waals surface area contributed by atoms with Gasteiger partial charge in [-0.05, 0) is 12.8 Å². The average Bonchev–Trinajstić information content (AvgIpc) is 2.63. The molecular formula is C11H18ClN3. The van der Waals surface area contributed by atoms with Crippen LogP contribution in [0.1, 0.15) is 31.2 Å². The van der Waals surface area contributed by atoms with Crippen LogP contribution in [0.2, 0.25) is 0 Å². The Morgan fingerprint density at radius 3 is 3.00 bits per heavy atom. The molecule has 0 amide bonds. The smallest absolute Gasteiger partial charge is 0.0534 e. The van der Waals surface area contributed by atoms with Gasteiger partial charge in [-0.2, -0.15) is 5.10 Å². The monoisotopic (exact) mass is 227 g/mol. The summed E-state index contributed by atoms with van der Waals surface area (Å²) in [6.07, 6.45) is 8.87. The van der Waals surface area contributed by atoms with Crippen LogP contribution >= 0.6 is 11.6 Å². The third-order valence-electron chi connectivity index (χ3n) is 3.01. The molecule has 0 aliphatic heterocycles. The van der Waals surface area contributed by atoms with Gasteiger partial charge in [0, 0.05) is 36.8 Å². The molecule has 0 radical (unpaired) electrons. The molecule has 0 aromatic carbocycles. The summed E-state index contributed by atoms with van der Waals surface area (Å²) in [6.45, 7) is 0.877. The molecule has 1 aliphatic carbocycles. The SMILES string of the molecule is Cn1cc(CNC2CCCCC2Cl)cn1. The zero-order valence-electron chi connectivity index (χ0n) is 9.12. The number of hydrogen-bond acceptors (Lipinski definition) is 2. The Bertz CT molecular complexity index is 311. The van der Waals surface area contributed by atoms with E-state index in [0.717, 1.165) is 13.0 Å². The molecule has 1 N–H and O–H groups in total. The van der Waals surface area contributed by atoms with Crippen LogP contribution in [0, 0.1) is 0 Å². The van der Waals surface area contributed by atoms with E-state index in [2.05, 4.69) is 10.4 Å². The molecule has 1 aliphatic rings. The number of alkyl halides is 1. The molecule has 4 heteroatoms. The maximum atomic E-state index is 6.27. The summed E-state index contributed by atoms with van der Waals surface area (Å²) in [5.74, 6) is 0. The minimum atomic E-state index is 0.301. The summed E-state index contributed by atoms with van der Waals surface area (Å²) in [6, 6.07) is 0.473. The molecule has 0 saturated heterocycles. The third-order valence-corrected chi connectivity index (χ3v) is 3.53. The molecule has 15 heavy (non-hydrogen) atoms. The topological polar surface area (TPSA) is 29.9 Å². The Labute approximate surface area is 95.8 Å². The second kappa shape index (κ2) is 4.99. The molecule has 1 heterocycles. The predicted molar refractivity (Wildman–Crippen MR) is 61.9 cm³/mol. The number of nitrogens with zero attached hydrogens (tertiary/aromatic N) is 2. The highest BCUT2D eigenvalue weighted by Gasteiger charge is 2.22. The highest BCUT2D eigenvalue weighted by atomic mass is 35.5. The Morgan fingerprint density at radius 2 is 2.33 bits per heavy atom. The van der Waals surface area contributed by atoms with E-state index >= 15 is 0 Å². The van der Waals surface area contributed by atoms with E-state index in [1.165, 1.54) is 24.8 Å². The van der Waals surface area contributed by atoms with Crippen molar-refractivity contribution in [2.24, 2.45) is 7.05 Å². The lowest BCUT2D eigenvalue weighted by molar-refractivity contribution is 0.378. The normalized spacial score (nSPS) is 26.8. The Hall–Kier alpha value is -0.540. The number of halogens is 1. The van der Waals surface area contributed by atoms with Crippen LogP contribution in [0.3, 0.4) is 0 Å². The fourth-order valence-corrected chi connectivity index (χ4v) is 2.50. The molecule has 3 nitrogen and oxygen atoms in total. The lowest BCUT2D eigenvalue weighted by atomic mass is 9.95. The van der Waals surface area contributed by atoms with Crippen LogP contribution in [-0.4, -0.2) is 21.2 Å². The van der Waals surface area contributed by atoms with Crippen molar-refractivity contribution in [2.45, 2.75) is 43.6 Å². The fraction of sp³-hybridized carbons (Fsp3) is 0.727. The maximum absolute atomic E-state index is 6.27. The second-order valence-electron chi connectivity index (χ2n) is 4.31. The van der Waals surface area contributed by atoms with Gasteiger partial charge < -0.3 is 5.32 Å². The summed E-state index contributed by atoms with van der Waals surface area (Å²) in [4.78, 5) is 0. The summed E-state index contributed by atoms with van der Waals surface area (Å²) >= 11 is 6.27. The first-order chi connectivity index (χ1) is 7.25. The van der Waals surface area contributed by atoms with Crippen molar-refractivity contribution >= 4 is 11.6 Å².